The van der Waals surface area contributed by atoms with Crippen LogP contribution in [0.25, 0.3) is 0 Å². The lowest BCUT2D eigenvalue weighted by atomic mass is 9.96. The van der Waals surface area contributed by atoms with Crippen molar-refractivity contribution < 1.29 is 9.53 Å². The largest absolute Gasteiger partial charge is 0.379 e. The van der Waals surface area contributed by atoms with E-state index in [2.05, 4.69) is 23.2 Å². The average Bonchev–Trinajstić information content (AvgIpc) is 2.94. The smallest absolute Gasteiger partial charge is 0.227 e. The molecule has 2 aliphatic rings. The SMILES string of the molecule is CC1CNCC1C(=O)N(CCC#N)CCN1CCOCC1. The van der Waals surface area contributed by atoms with Crippen molar-refractivity contribution in [3.8, 4) is 6.07 Å². The summed E-state index contributed by atoms with van der Waals surface area (Å²) in [6, 6.07) is 2.15. The van der Waals surface area contributed by atoms with E-state index in [1.54, 1.807) is 0 Å². The van der Waals surface area contributed by atoms with Gasteiger partial charge in [0.25, 0.3) is 0 Å². The van der Waals surface area contributed by atoms with Gasteiger partial charge in [0, 0.05) is 39.3 Å². The molecule has 2 aliphatic heterocycles. The quantitative estimate of drug-likeness (QED) is 0.742. The molecule has 0 aromatic rings. The maximum Gasteiger partial charge on any atom is 0.227 e. The van der Waals surface area contributed by atoms with Crippen LogP contribution < -0.4 is 5.32 Å². The zero-order chi connectivity index (χ0) is 15.1. The van der Waals surface area contributed by atoms with Gasteiger partial charge in [-0.25, -0.2) is 0 Å². The minimum absolute atomic E-state index is 0.0633. The number of nitriles is 1. The molecule has 2 saturated heterocycles. The second kappa shape index (κ2) is 8.32. The number of ether oxygens (including phenoxy) is 1. The summed E-state index contributed by atoms with van der Waals surface area (Å²) in [6.45, 7) is 9.33. The molecule has 2 rings (SSSR count). The molecule has 1 N–H and O–H groups in total. The minimum atomic E-state index is 0.0633. The summed E-state index contributed by atoms with van der Waals surface area (Å²) in [5, 5.41) is 12.1. The number of rotatable bonds is 6. The Hall–Kier alpha value is -1.16. The summed E-state index contributed by atoms with van der Waals surface area (Å²) >= 11 is 0. The molecule has 0 aromatic carbocycles. The molecule has 2 atom stereocenters. The first-order chi connectivity index (χ1) is 10.2. The van der Waals surface area contributed by atoms with E-state index in [-0.39, 0.29) is 11.8 Å². The topological polar surface area (TPSA) is 68.6 Å². The van der Waals surface area contributed by atoms with E-state index in [9.17, 15) is 4.79 Å². The number of carbonyl (C=O) groups excluding carboxylic acids is 1. The van der Waals surface area contributed by atoms with Crippen molar-refractivity contribution >= 4 is 5.91 Å². The van der Waals surface area contributed by atoms with Gasteiger partial charge in [0.05, 0.1) is 31.6 Å². The predicted octanol–water partition coefficient (Wildman–Crippen LogP) is -0.0836. The average molecular weight is 294 g/mol. The Balaban J connectivity index is 1.86. The number of amides is 1. The highest BCUT2D eigenvalue weighted by molar-refractivity contribution is 5.79. The molecule has 0 saturated carbocycles. The Morgan fingerprint density at radius 1 is 1.38 bits per heavy atom. The zero-order valence-corrected chi connectivity index (χ0v) is 12.9. The Morgan fingerprint density at radius 3 is 2.76 bits per heavy atom. The first kappa shape index (κ1) is 16.2. The van der Waals surface area contributed by atoms with Crippen LogP contribution in [0.15, 0.2) is 0 Å². The van der Waals surface area contributed by atoms with Crippen LogP contribution >= 0.6 is 0 Å². The maximum atomic E-state index is 12.7. The van der Waals surface area contributed by atoms with Crippen LogP contribution in [-0.2, 0) is 9.53 Å². The van der Waals surface area contributed by atoms with E-state index in [0.717, 1.165) is 45.9 Å². The molecular weight excluding hydrogens is 268 g/mol. The van der Waals surface area contributed by atoms with E-state index in [1.165, 1.54) is 0 Å². The normalized spacial score (nSPS) is 26.5. The highest BCUT2D eigenvalue weighted by Crippen LogP contribution is 2.18. The van der Waals surface area contributed by atoms with Gasteiger partial charge in [-0.3, -0.25) is 9.69 Å². The maximum absolute atomic E-state index is 12.7. The van der Waals surface area contributed by atoms with Crippen LogP contribution in [0.5, 0.6) is 0 Å². The van der Waals surface area contributed by atoms with Gasteiger partial charge in [0.2, 0.25) is 5.91 Å². The van der Waals surface area contributed by atoms with Gasteiger partial charge >= 0.3 is 0 Å². The number of carbonyl (C=O) groups is 1. The van der Waals surface area contributed by atoms with E-state index >= 15 is 0 Å². The number of hydrogen-bond acceptors (Lipinski definition) is 5. The van der Waals surface area contributed by atoms with Gasteiger partial charge in [-0.2, -0.15) is 5.26 Å². The first-order valence-electron chi connectivity index (χ1n) is 7.89. The van der Waals surface area contributed by atoms with Crippen molar-refractivity contribution in [3.63, 3.8) is 0 Å². The molecule has 6 nitrogen and oxygen atoms in total. The van der Waals surface area contributed by atoms with Crippen molar-refractivity contribution in [2.75, 3.05) is 59.0 Å². The molecule has 0 aromatic heterocycles. The van der Waals surface area contributed by atoms with Crippen LogP contribution in [0.4, 0.5) is 0 Å². The third kappa shape index (κ3) is 4.67. The van der Waals surface area contributed by atoms with Gasteiger partial charge in [-0.05, 0) is 12.5 Å². The summed E-state index contributed by atoms with van der Waals surface area (Å²) in [7, 11) is 0. The molecule has 1 amide bonds. The van der Waals surface area contributed by atoms with Crippen LogP contribution in [-0.4, -0.2) is 74.7 Å². The van der Waals surface area contributed by atoms with Gasteiger partial charge in [-0.1, -0.05) is 6.92 Å². The van der Waals surface area contributed by atoms with Crippen LogP contribution in [0.2, 0.25) is 0 Å². The minimum Gasteiger partial charge on any atom is -0.379 e. The molecule has 2 heterocycles. The molecule has 118 valence electrons. The molecule has 2 fully saturated rings. The van der Waals surface area contributed by atoms with Crippen LogP contribution in [0, 0.1) is 23.2 Å². The van der Waals surface area contributed by atoms with E-state index < -0.39 is 0 Å². The molecule has 6 heteroatoms. The van der Waals surface area contributed by atoms with Gasteiger partial charge in [0.15, 0.2) is 0 Å². The molecule has 2 unspecified atom stereocenters. The standard InChI is InChI=1S/C15H26N4O2/c1-13-11-17-12-14(13)15(20)19(4-2-3-16)6-5-18-7-9-21-10-8-18/h13-14,17H,2,4-12H2,1H3. The fourth-order valence-electron chi connectivity index (χ4n) is 2.98. The summed E-state index contributed by atoms with van der Waals surface area (Å²) in [5.41, 5.74) is 0. The Kier molecular flexibility index (Phi) is 6.43. The van der Waals surface area contributed by atoms with Gasteiger partial charge in [-0.15, -0.1) is 0 Å². The van der Waals surface area contributed by atoms with Crippen LogP contribution in [0.3, 0.4) is 0 Å². The third-order valence-electron chi connectivity index (χ3n) is 4.43. The van der Waals surface area contributed by atoms with E-state index in [1.807, 2.05) is 4.90 Å². The monoisotopic (exact) mass is 294 g/mol. The molecule has 0 aliphatic carbocycles. The summed E-state index contributed by atoms with van der Waals surface area (Å²) < 4.78 is 5.34. The number of nitrogens with one attached hydrogen (secondary N) is 1. The second-order valence-electron chi connectivity index (χ2n) is 5.93. The number of morpholine rings is 1. The zero-order valence-electron chi connectivity index (χ0n) is 12.9. The summed E-state index contributed by atoms with van der Waals surface area (Å²) in [6.07, 6.45) is 0.406. The lowest BCUT2D eigenvalue weighted by Crippen LogP contribution is -2.45. The van der Waals surface area contributed by atoms with Crippen molar-refractivity contribution in [1.82, 2.24) is 15.1 Å². The van der Waals surface area contributed by atoms with E-state index in [0.29, 0.717) is 25.4 Å². The second-order valence-corrected chi connectivity index (χ2v) is 5.93. The molecule has 21 heavy (non-hydrogen) atoms. The molecular formula is C15H26N4O2. The molecule has 0 bridgehead atoms. The van der Waals surface area contributed by atoms with Crippen molar-refractivity contribution in [3.05, 3.63) is 0 Å². The Morgan fingerprint density at radius 2 is 2.14 bits per heavy atom. The van der Waals surface area contributed by atoms with Gasteiger partial charge in [0.1, 0.15) is 0 Å². The predicted molar refractivity (Wildman–Crippen MR) is 79.6 cm³/mol. The number of hydrogen-bond donors (Lipinski definition) is 1. The summed E-state index contributed by atoms with van der Waals surface area (Å²) in [5.74, 6) is 0.648. The van der Waals surface area contributed by atoms with Crippen molar-refractivity contribution in [2.45, 2.75) is 13.3 Å². The first-order valence-corrected chi connectivity index (χ1v) is 7.89. The lowest BCUT2D eigenvalue weighted by Gasteiger charge is -2.31. The van der Waals surface area contributed by atoms with Crippen LogP contribution in [0.1, 0.15) is 13.3 Å². The Labute approximate surface area is 127 Å². The molecule has 0 spiro atoms. The number of nitrogens with zero attached hydrogens (tertiary/aromatic N) is 3. The van der Waals surface area contributed by atoms with Crippen molar-refractivity contribution in [2.24, 2.45) is 11.8 Å². The lowest BCUT2D eigenvalue weighted by molar-refractivity contribution is -0.136. The highest BCUT2D eigenvalue weighted by atomic mass is 16.5. The van der Waals surface area contributed by atoms with Gasteiger partial charge < -0.3 is 15.0 Å². The summed E-state index contributed by atoms with van der Waals surface area (Å²) in [4.78, 5) is 16.9. The van der Waals surface area contributed by atoms with E-state index in [4.69, 9.17) is 10.00 Å². The van der Waals surface area contributed by atoms with Crippen molar-refractivity contribution in [1.29, 1.82) is 5.26 Å². The molecule has 0 radical (unpaired) electrons. The highest BCUT2D eigenvalue weighted by Gasteiger charge is 2.32. The fourth-order valence-corrected chi connectivity index (χ4v) is 2.98. The Bertz CT molecular complexity index is 376. The third-order valence-corrected chi connectivity index (χ3v) is 4.43. The fraction of sp³-hybridized carbons (Fsp3) is 0.867.